The zero-order valence-electron chi connectivity index (χ0n) is 10.8. The van der Waals surface area contributed by atoms with E-state index in [4.69, 9.17) is 10.6 Å². The molecule has 1 aliphatic carbocycles. The van der Waals surface area contributed by atoms with E-state index in [2.05, 4.69) is 39.2 Å². The Bertz CT molecular complexity index is 293. The summed E-state index contributed by atoms with van der Waals surface area (Å²) in [6, 6.07) is 0.172. The quantitative estimate of drug-likeness (QED) is 0.570. The highest BCUT2D eigenvalue weighted by molar-refractivity contribution is 5.23. The molecule has 16 heavy (non-hydrogen) atoms. The van der Waals surface area contributed by atoms with Crippen molar-refractivity contribution in [3.63, 3.8) is 0 Å². The molecule has 1 unspecified atom stereocenters. The highest BCUT2D eigenvalue weighted by Gasteiger charge is 2.67. The number of allylic oxidation sites excluding steroid dienone is 1. The minimum absolute atomic E-state index is 0.172. The van der Waals surface area contributed by atoms with Gasteiger partial charge in [-0.1, -0.05) is 27.7 Å². The molecule has 3 nitrogen and oxygen atoms in total. The van der Waals surface area contributed by atoms with Crippen LogP contribution in [-0.2, 0) is 4.74 Å². The molecule has 0 amide bonds. The first-order valence-electron chi connectivity index (χ1n) is 6.22. The molecule has 2 aliphatic rings. The Morgan fingerprint density at radius 2 is 2.00 bits per heavy atom. The van der Waals surface area contributed by atoms with Crippen LogP contribution in [0.3, 0.4) is 0 Å². The van der Waals surface area contributed by atoms with E-state index in [1.54, 1.807) is 0 Å². The molecule has 2 rings (SSSR count). The Hall–Kier alpha value is -0.540. The molecule has 3 N–H and O–H groups in total. The summed E-state index contributed by atoms with van der Waals surface area (Å²) in [4.78, 5) is 0. The lowest BCUT2D eigenvalue weighted by atomic mass is 10.0. The Morgan fingerprint density at radius 3 is 2.38 bits per heavy atom. The maximum atomic E-state index is 5.74. The first kappa shape index (κ1) is 11.9. The van der Waals surface area contributed by atoms with Gasteiger partial charge >= 0.3 is 0 Å². The second-order valence-corrected chi connectivity index (χ2v) is 6.16. The van der Waals surface area contributed by atoms with Gasteiger partial charge in [-0.15, -0.1) is 0 Å². The van der Waals surface area contributed by atoms with Crippen molar-refractivity contribution in [1.82, 2.24) is 5.43 Å². The third kappa shape index (κ3) is 1.57. The van der Waals surface area contributed by atoms with E-state index in [0.717, 1.165) is 25.2 Å². The SMILES string of the molecule is CC1(C)C(C(NN)C2=CCCCO2)C1(C)C. The highest BCUT2D eigenvalue weighted by Crippen LogP contribution is 2.70. The van der Waals surface area contributed by atoms with E-state index >= 15 is 0 Å². The fourth-order valence-electron chi connectivity index (χ4n) is 3.22. The van der Waals surface area contributed by atoms with Crippen molar-refractivity contribution < 1.29 is 4.74 Å². The van der Waals surface area contributed by atoms with Gasteiger partial charge in [-0.2, -0.15) is 0 Å². The molecule has 3 heteroatoms. The monoisotopic (exact) mass is 224 g/mol. The standard InChI is InChI=1S/C13H24N2O/c1-12(2)11(13(12,3)4)10(15-14)9-7-5-6-8-16-9/h7,10-11,15H,5-6,8,14H2,1-4H3. The molecule has 1 saturated carbocycles. The zero-order chi connectivity index (χ0) is 12.0. The number of nitrogens with two attached hydrogens (primary N) is 1. The van der Waals surface area contributed by atoms with Gasteiger partial charge in [0.15, 0.2) is 0 Å². The minimum atomic E-state index is 0.172. The molecule has 0 aromatic rings. The van der Waals surface area contributed by atoms with Crippen molar-refractivity contribution >= 4 is 0 Å². The minimum Gasteiger partial charge on any atom is -0.497 e. The van der Waals surface area contributed by atoms with Crippen molar-refractivity contribution in [2.45, 2.75) is 46.6 Å². The number of hydrogen-bond donors (Lipinski definition) is 2. The maximum Gasteiger partial charge on any atom is 0.111 e. The van der Waals surface area contributed by atoms with Crippen LogP contribution < -0.4 is 11.3 Å². The summed E-state index contributed by atoms with van der Waals surface area (Å²) in [5.41, 5.74) is 3.60. The normalized spacial score (nSPS) is 29.2. The average Bonchev–Trinajstić information content (AvgIpc) is 2.64. The number of hydrazine groups is 1. The molecule has 1 aliphatic heterocycles. The van der Waals surface area contributed by atoms with Gasteiger partial charge in [-0.3, -0.25) is 5.84 Å². The topological polar surface area (TPSA) is 47.3 Å². The Morgan fingerprint density at radius 1 is 1.38 bits per heavy atom. The van der Waals surface area contributed by atoms with Gasteiger partial charge in [0.25, 0.3) is 0 Å². The smallest absolute Gasteiger partial charge is 0.111 e. The molecule has 1 atom stereocenters. The van der Waals surface area contributed by atoms with Crippen LogP contribution in [0.2, 0.25) is 0 Å². The summed E-state index contributed by atoms with van der Waals surface area (Å²) in [6.07, 6.45) is 4.43. The molecule has 0 bridgehead atoms. The van der Waals surface area contributed by atoms with Gasteiger partial charge in [0.05, 0.1) is 12.6 Å². The summed E-state index contributed by atoms with van der Waals surface area (Å²) < 4.78 is 5.74. The second-order valence-electron chi connectivity index (χ2n) is 6.16. The fraction of sp³-hybridized carbons (Fsp3) is 0.846. The Labute approximate surface area is 98.4 Å². The van der Waals surface area contributed by atoms with Crippen molar-refractivity contribution in [2.24, 2.45) is 22.6 Å². The average molecular weight is 224 g/mol. The molecule has 0 aromatic heterocycles. The number of nitrogens with one attached hydrogen (secondary N) is 1. The van der Waals surface area contributed by atoms with Crippen molar-refractivity contribution in [3.8, 4) is 0 Å². The molecule has 1 fully saturated rings. The first-order chi connectivity index (χ1) is 7.43. The molecular weight excluding hydrogens is 200 g/mol. The summed E-state index contributed by atoms with van der Waals surface area (Å²) >= 11 is 0. The van der Waals surface area contributed by atoms with E-state index in [1.807, 2.05) is 0 Å². The summed E-state index contributed by atoms with van der Waals surface area (Å²) in [7, 11) is 0. The maximum absolute atomic E-state index is 5.74. The van der Waals surface area contributed by atoms with E-state index in [1.165, 1.54) is 0 Å². The second kappa shape index (κ2) is 3.74. The van der Waals surface area contributed by atoms with Crippen LogP contribution in [0.15, 0.2) is 11.8 Å². The lowest BCUT2D eigenvalue weighted by Gasteiger charge is -2.24. The number of hydrogen-bond acceptors (Lipinski definition) is 3. The Kier molecular flexibility index (Phi) is 2.79. The molecule has 1 heterocycles. The third-order valence-corrected chi connectivity index (χ3v) is 4.91. The van der Waals surface area contributed by atoms with Crippen molar-refractivity contribution in [3.05, 3.63) is 11.8 Å². The van der Waals surface area contributed by atoms with E-state index < -0.39 is 0 Å². The molecule has 0 saturated heterocycles. The molecule has 0 spiro atoms. The number of rotatable bonds is 3. The largest absolute Gasteiger partial charge is 0.497 e. The van der Waals surface area contributed by atoms with E-state index in [-0.39, 0.29) is 6.04 Å². The predicted molar refractivity (Wildman–Crippen MR) is 65.4 cm³/mol. The van der Waals surface area contributed by atoms with Crippen LogP contribution in [0.4, 0.5) is 0 Å². The zero-order valence-corrected chi connectivity index (χ0v) is 10.8. The summed E-state index contributed by atoms with van der Waals surface area (Å²) in [6.45, 7) is 10.1. The predicted octanol–water partition coefficient (Wildman–Crippen LogP) is 2.19. The van der Waals surface area contributed by atoms with Crippen LogP contribution in [-0.4, -0.2) is 12.6 Å². The van der Waals surface area contributed by atoms with Gasteiger partial charge in [-0.05, 0) is 35.7 Å². The Balaban J connectivity index is 2.16. The van der Waals surface area contributed by atoms with Gasteiger partial charge in [0, 0.05) is 0 Å². The molecular formula is C13H24N2O. The van der Waals surface area contributed by atoms with E-state index in [9.17, 15) is 0 Å². The fourth-order valence-corrected chi connectivity index (χ4v) is 3.22. The highest BCUT2D eigenvalue weighted by atomic mass is 16.5. The molecule has 0 aromatic carbocycles. The van der Waals surface area contributed by atoms with Gasteiger partial charge in [0.2, 0.25) is 0 Å². The van der Waals surface area contributed by atoms with Crippen LogP contribution in [0.25, 0.3) is 0 Å². The molecule has 92 valence electrons. The van der Waals surface area contributed by atoms with Crippen LogP contribution in [0.1, 0.15) is 40.5 Å². The number of ether oxygens (including phenoxy) is 1. The molecule has 0 radical (unpaired) electrons. The van der Waals surface area contributed by atoms with Crippen LogP contribution >= 0.6 is 0 Å². The summed E-state index contributed by atoms with van der Waals surface area (Å²) in [5.74, 6) is 7.32. The van der Waals surface area contributed by atoms with Crippen molar-refractivity contribution in [1.29, 1.82) is 0 Å². The van der Waals surface area contributed by atoms with Gasteiger partial charge in [-0.25, -0.2) is 5.43 Å². The van der Waals surface area contributed by atoms with Gasteiger partial charge < -0.3 is 4.74 Å². The first-order valence-corrected chi connectivity index (χ1v) is 6.22. The lowest BCUT2D eigenvalue weighted by Crippen LogP contribution is -2.41. The van der Waals surface area contributed by atoms with Crippen LogP contribution in [0.5, 0.6) is 0 Å². The van der Waals surface area contributed by atoms with Crippen LogP contribution in [0, 0.1) is 16.7 Å². The van der Waals surface area contributed by atoms with Gasteiger partial charge in [0.1, 0.15) is 5.76 Å². The lowest BCUT2D eigenvalue weighted by molar-refractivity contribution is 0.156. The van der Waals surface area contributed by atoms with Crippen molar-refractivity contribution in [2.75, 3.05) is 6.61 Å². The third-order valence-electron chi connectivity index (χ3n) is 4.91. The summed E-state index contributed by atoms with van der Waals surface area (Å²) in [5, 5.41) is 0. The van der Waals surface area contributed by atoms with E-state index in [0.29, 0.717) is 16.7 Å².